The van der Waals surface area contributed by atoms with Gasteiger partial charge in [-0.05, 0) is 30.7 Å². The summed E-state index contributed by atoms with van der Waals surface area (Å²) in [5.74, 6) is 0.147. The van der Waals surface area contributed by atoms with Crippen LogP contribution in [0.25, 0.3) is 0 Å². The van der Waals surface area contributed by atoms with E-state index in [1.54, 1.807) is 18.3 Å². The average molecular weight is 489 g/mol. The maximum atomic E-state index is 12.3. The summed E-state index contributed by atoms with van der Waals surface area (Å²) in [5.41, 5.74) is 0.712. The fourth-order valence-electron chi connectivity index (χ4n) is 1.44. The van der Waals surface area contributed by atoms with Crippen LogP contribution >= 0.6 is 42.0 Å². The van der Waals surface area contributed by atoms with Crippen LogP contribution < -0.4 is 4.74 Å². The summed E-state index contributed by atoms with van der Waals surface area (Å²) in [6, 6.07) is 6.34. The Hall–Kier alpha value is -0.451. The standard InChI is InChI=1S/C12H14N4O3S2.3ClH.Fe/c1-3-8-13-9-4-6-10(7-5-9)21(17,18)16-11-12(19-2)15-20-14-11;;;;/h4-8H,3H2,1-2H3,(H,14,16,17,18);3*1H;/q;;;;+3/p-3. The number of nitrogens with zero attached hydrogens (tertiary/aromatic N) is 4. The normalized spacial score (nSPS) is 13.6. The van der Waals surface area contributed by atoms with Crippen LogP contribution in [-0.2, 0) is 21.2 Å². The van der Waals surface area contributed by atoms with Gasteiger partial charge in [0.1, 0.15) is 0 Å². The summed E-state index contributed by atoms with van der Waals surface area (Å²) in [6.07, 6.45) is 2.59. The van der Waals surface area contributed by atoms with Crippen molar-refractivity contribution in [2.75, 3.05) is 7.11 Å². The minimum atomic E-state index is -3.61. The van der Waals surface area contributed by atoms with Gasteiger partial charge in [-0.3, -0.25) is 9.55 Å². The molecule has 0 saturated heterocycles. The van der Waals surface area contributed by atoms with Gasteiger partial charge in [0, 0.05) is 6.21 Å². The molecule has 2 rings (SSSR count). The number of halogens is 3. The predicted molar refractivity (Wildman–Crippen MR) is 100 cm³/mol. The first kappa shape index (κ1) is 22.6. The van der Waals surface area contributed by atoms with Crippen molar-refractivity contribution in [2.24, 2.45) is 9.36 Å². The quantitative estimate of drug-likeness (QED) is 0.452. The molecule has 0 aliphatic rings. The third-order valence-electron chi connectivity index (χ3n) is 2.41. The summed E-state index contributed by atoms with van der Waals surface area (Å²) < 4.78 is 38.6. The van der Waals surface area contributed by atoms with Gasteiger partial charge in [-0.15, -0.1) is 13.1 Å². The van der Waals surface area contributed by atoms with E-state index in [1.165, 1.54) is 19.2 Å². The topological polar surface area (TPSA) is 97.0 Å². The van der Waals surface area contributed by atoms with Crippen LogP contribution in [0.1, 0.15) is 13.3 Å². The molecule has 1 N–H and O–H groups in total. The van der Waals surface area contributed by atoms with Gasteiger partial charge in [0.05, 0.1) is 29.4 Å². The van der Waals surface area contributed by atoms with Crippen molar-refractivity contribution in [1.82, 2.24) is 8.75 Å². The molecule has 1 atom stereocenters. The van der Waals surface area contributed by atoms with Crippen LogP contribution in [-0.4, -0.2) is 30.8 Å². The van der Waals surface area contributed by atoms with E-state index in [9.17, 15) is 8.76 Å². The number of aromatic nitrogens is 2. The third kappa shape index (κ3) is 8.19. The number of benzene rings is 1. The first-order valence-corrected chi connectivity index (χ1v) is 13.2. The fourth-order valence-corrected chi connectivity index (χ4v) is 2.90. The van der Waals surface area contributed by atoms with E-state index in [1.807, 2.05) is 6.92 Å². The van der Waals surface area contributed by atoms with Gasteiger partial charge in [-0.1, -0.05) is 6.92 Å². The Labute approximate surface area is 167 Å². The molecule has 1 heterocycles. The number of rotatable bonds is 5. The zero-order valence-electron chi connectivity index (χ0n) is 13.0. The van der Waals surface area contributed by atoms with E-state index in [2.05, 4.69) is 18.1 Å². The number of ether oxygens (including phenoxy) is 1. The van der Waals surface area contributed by atoms with Gasteiger partial charge in [-0.25, -0.2) is 4.21 Å². The summed E-state index contributed by atoms with van der Waals surface area (Å²) in [6.45, 7) is 1.98. The molecule has 7 nitrogen and oxygen atoms in total. The molecule has 0 fully saturated rings. The number of hydrogen-bond donors (Lipinski definition) is 1. The van der Waals surface area contributed by atoms with E-state index in [0.29, 0.717) is 5.69 Å². The predicted octanol–water partition coefficient (Wildman–Crippen LogP) is 5.36. The van der Waals surface area contributed by atoms with Crippen molar-refractivity contribution in [3.63, 3.8) is 0 Å². The van der Waals surface area contributed by atoms with Crippen molar-refractivity contribution >= 4 is 69.8 Å². The summed E-state index contributed by atoms with van der Waals surface area (Å²) in [7, 11) is 12.5. The van der Waals surface area contributed by atoms with Crippen molar-refractivity contribution in [3.8, 4) is 5.88 Å². The van der Waals surface area contributed by atoms with Gasteiger partial charge in [0.15, 0.2) is 10.0 Å². The van der Waals surface area contributed by atoms with Crippen LogP contribution in [0.4, 0.5) is 11.5 Å². The Kier molecular flexibility index (Phi) is 10.2. The molecule has 13 heteroatoms. The summed E-state index contributed by atoms with van der Waals surface area (Å²) >= 11 is -0.470. The molecule has 25 heavy (non-hydrogen) atoms. The fraction of sp³-hybridized carbons (Fsp3) is 0.250. The molecule has 1 aromatic heterocycles. The van der Waals surface area contributed by atoms with Crippen molar-refractivity contribution in [2.45, 2.75) is 18.2 Å². The van der Waals surface area contributed by atoms with Crippen LogP contribution in [0.3, 0.4) is 0 Å². The molecular weight excluding hydrogens is 474 g/mol. The number of aliphatic imine (C=N–C) groups is 1. The Morgan fingerprint density at radius 2 is 1.92 bits per heavy atom. The second-order valence-electron chi connectivity index (χ2n) is 4.05. The van der Waals surface area contributed by atoms with Gasteiger partial charge < -0.3 is 4.74 Å². The van der Waals surface area contributed by atoms with Gasteiger partial charge in [0.25, 0.3) is 5.88 Å². The Morgan fingerprint density at radius 3 is 2.44 bits per heavy atom. The van der Waals surface area contributed by atoms with E-state index in [0.717, 1.165) is 18.1 Å². The molecule has 0 aliphatic carbocycles. The molecule has 0 aliphatic heterocycles. The van der Waals surface area contributed by atoms with Crippen LogP contribution in [0, 0.1) is 0 Å². The van der Waals surface area contributed by atoms with Crippen LogP contribution in [0.2, 0.25) is 0 Å². The Morgan fingerprint density at radius 1 is 1.32 bits per heavy atom. The monoisotopic (exact) mass is 487 g/mol. The summed E-state index contributed by atoms with van der Waals surface area (Å²) in [5, 5.41) is 0. The SMILES string of the molecule is CCC=Nc1ccc(S(=O)(O)=Nc2nsnc2OC)cc1.[Cl][Fe]([Cl])[Cl]. The van der Waals surface area contributed by atoms with Gasteiger partial charge in [-0.2, -0.15) is 0 Å². The van der Waals surface area contributed by atoms with Crippen LogP contribution in [0.5, 0.6) is 5.88 Å². The van der Waals surface area contributed by atoms with E-state index in [-0.39, 0.29) is 16.6 Å². The van der Waals surface area contributed by atoms with E-state index in [4.69, 9.17) is 35.0 Å². The van der Waals surface area contributed by atoms with Gasteiger partial charge in [0.2, 0.25) is 5.82 Å². The zero-order chi connectivity index (χ0) is 18.9. The molecule has 0 spiro atoms. The van der Waals surface area contributed by atoms with Gasteiger partial charge >= 0.3 is 41.5 Å². The molecule has 2 aromatic rings. The molecule has 0 radical (unpaired) electrons. The van der Waals surface area contributed by atoms with Crippen molar-refractivity contribution in [3.05, 3.63) is 24.3 Å². The second kappa shape index (κ2) is 11.3. The molecular formula is C12H14Cl3FeN4O3S2. The first-order chi connectivity index (χ1) is 11.8. The molecule has 1 aromatic carbocycles. The minimum absolute atomic E-state index is 0.0167. The Bertz CT molecular complexity index is 805. The number of methoxy groups -OCH3 is 1. The maximum absolute atomic E-state index is 12.3. The molecule has 0 amide bonds. The molecule has 1 unspecified atom stereocenters. The van der Waals surface area contributed by atoms with E-state index >= 15 is 0 Å². The van der Waals surface area contributed by atoms with Crippen molar-refractivity contribution in [1.29, 1.82) is 0 Å². The average Bonchev–Trinajstić information content (AvgIpc) is 2.99. The first-order valence-electron chi connectivity index (χ1n) is 6.45. The second-order valence-corrected chi connectivity index (χ2v) is 11.7. The third-order valence-corrected chi connectivity index (χ3v) is 4.22. The zero-order valence-corrected chi connectivity index (χ0v) is 18.0. The molecule has 0 saturated carbocycles. The molecule has 0 bridgehead atoms. The van der Waals surface area contributed by atoms with Crippen molar-refractivity contribution < 1.29 is 24.7 Å². The number of hydrogen-bond acceptors (Lipinski definition) is 7. The van der Waals surface area contributed by atoms with E-state index < -0.39 is 21.2 Å². The Balaban J connectivity index is 0.000000705. The molecule has 141 valence electrons. The summed E-state index contributed by atoms with van der Waals surface area (Å²) in [4.78, 5) is 4.35. The van der Waals surface area contributed by atoms with Crippen LogP contribution in [0.15, 0.2) is 38.5 Å².